The number of hydrogen-bond acceptors (Lipinski definition) is 4. The molecule has 3 amide bonds. The van der Waals surface area contributed by atoms with E-state index in [1.54, 1.807) is 24.3 Å². The molecule has 0 bridgehead atoms. The number of imide groups is 1. The molecule has 2 fully saturated rings. The molecule has 1 aromatic rings. The first kappa shape index (κ1) is 20.9. The Morgan fingerprint density at radius 3 is 2.89 bits per heavy atom. The number of nitrogens with zero attached hydrogens (tertiary/aromatic N) is 1. The van der Waals surface area contributed by atoms with Gasteiger partial charge in [0.15, 0.2) is 6.54 Å². The van der Waals surface area contributed by atoms with Crippen molar-refractivity contribution in [3.8, 4) is 0 Å². The summed E-state index contributed by atoms with van der Waals surface area (Å²) < 4.78 is 0. The van der Waals surface area contributed by atoms with Crippen molar-refractivity contribution in [2.45, 2.75) is 32.2 Å². The molecule has 8 heteroatoms. The van der Waals surface area contributed by atoms with Crippen molar-refractivity contribution in [1.82, 2.24) is 10.2 Å². The zero-order valence-corrected chi connectivity index (χ0v) is 17.4. The maximum absolute atomic E-state index is 12.5. The highest BCUT2D eigenvalue weighted by Gasteiger charge is 2.35. The number of halogens is 1. The molecule has 2 aliphatic rings. The first-order valence-corrected chi connectivity index (χ1v) is 10.8. The van der Waals surface area contributed by atoms with Gasteiger partial charge in [-0.05, 0) is 55.7 Å². The molecule has 0 aromatic heterocycles. The average Bonchev–Trinajstić information content (AvgIpc) is 2.93. The van der Waals surface area contributed by atoms with Gasteiger partial charge in [0.05, 0.1) is 17.5 Å². The monoisotopic (exact) mass is 422 g/mol. The lowest BCUT2D eigenvalue weighted by Crippen LogP contribution is -3.17. The van der Waals surface area contributed by atoms with Crippen molar-refractivity contribution < 1.29 is 19.3 Å². The highest BCUT2D eigenvalue weighted by Crippen LogP contribution is 2.33. The van der Waals surface area contributed by atoms with E-state index < -0.39 is 0 Å². The molecular formula is C20H25ClN3O3S+. The quantitative estimate of drug-likeness (QED) is 0.687. The second-order valence-corrected chi connectivity index (χ2v) is 8.59. The molecule has 2 heterocycles. The van der Waals surface area contributed by atoms with Gasteiger partial charge >= 0.3 is 0 Å². The van der Waals surface area contributed by atoms with Crippen LogP contribution in [0.2, 0.25) is 5.02 Å². The first-order chi connectivity index (χ1) is 13.5. The molecule has 3 rings (SSSR count). The van der Waals surface area contributed by atoms with E-state index >= 15 is 0 Å². The van der Waals surface area contributed by atoms with E-state index in [9.17, 15) is 14.4 Å². The standard InChI is InChI=1S/C20H24ClN3O3S/c1-14-6-4-5-10-23(14)13-18(25)22-9-11-24-19(26)17(28-20(24)27)12-15-7-2-3-8-16(15)21/h2-3,7-8,12,14H,4-6,9-11,13H2,1H3,(H,22,25)/p+1/b17-12-/t14-/m0/s1. The van der Waals surface area contributed by atoms with Crippen LogP contribution in [0.1, 0.15) is 31.7 Å². The van der Waals surface area contributed by atoms with Crippen LogP contribution in [0, 0.1) is 0 Å². The van der Waals surface area contributed by atoms with E-state index in [-0.39, 0.29) is 30.1 Å². The summed E-state index contributed by atoms with van der Waals surface area (Å²) in [7, 11) is 0. The predicted octanol–water partition coefficient (Wildman–Crippen LogP) is 1.95. The van der Waals surface area contributed by atoms with Crippen LogP contribution in [0.25, 0.3) is 6.08 Å². The van der Waals surface area contributed by atoms with Gasteiger partial charge in [-0.3, -0.25) is 19.3 Å². The minimum absolute atomic E-state index is 0.0395. The molecule has 2 aliphatic heterocycles. The number of likely N-dealkylation sites (tertiary alicyclic amines) is 1. The summed E-state index contributed by atoms with van der Waals surface area (Å²) in [5.41, 5.74) is 0.696. The number of hydrogen-bond donors (Lipinski definition) is 2. The van der Waals surface area contributed by atoms with Gasteiger partial charge in [-0.25, -0.2) is 0 Å². The maximum Gasteiger partial charge on any atom is 0.293 e. The van der Waals surface area contributed by atoms with Crippen molar-refractivity contribution >= 4 is 46.5 Å². The lowest BCUT2D eigenvalue weighted by molar-refractivity contribution is -0.920. The molecular weight excluding hydrogens is 398 g/mol. The number of benzene rings is 1. The summed E-state index contributed by atoms with van der Waals surface area (Å²) in [6.07, 6.45) is 5.17. The van der Waals surface area contributed by atoms with E-state index in [1.165, 1.54) is 16.2 Å². The Morgan fingerprint density at radius 1 is 1.36 bits per heavy atom. The number of carbonyl (C=O) groups excluding carboxylic acids is 3. The lowest BCUT2D eigenvalue weighted by Gasteiger charge is -2.29. The minimum atomic E-state index is -0.348. The molecule has 1 unspecified atom stereocenters. The zero-order chi connectivity index (χ0) is 20.1. The number of quaternary nitrogens is 1. The largest absolute Gasteiger partial charge is 0.349 e. The smallest absolute Gasteiger partial charge is 0.293 e. The second kappa shape index (κ2) is 9.58. The van der Waals surface area contributed by atoms with Gasteiger partial charge in [-0.1, -0.05) is 29.8 Å². The van der Waals surface area contributed by atoms with E-state index in [1.807, 2.05) is 6.07 Å². The van der Waals surface area contributed by atoms with Gasteiger partial charge in [-0.15, -0.1) is 0 Å². The Labute approximate surface area is 174 Å². The van der Waals surface area contributed by atoms with Crippen molar-refractivity contribution in [3.05, 3.63) is 39.8 Å². The number of amides is 3. The van der Waals surface area contributed by atoms with Crippen molar-refractivity contribution in [2.75, 3.05) is 26.2 Å². The van der Waals surface area contributed by atoms with Crippen LogP contribution in [0.5, 0.6) is 0 Å². The van der Waals surface area contributed by atoms with E-state index in [0.29, 0.717) is 28.1 Å². The third-order valence-electron chi connectivity index (χ3n) is 5.19. The molecule has 2 N–H and O–H groups in total. The van der Waals surface area contributed by atoms with Crippen LogP contribution in [-0.2, 0) is 9.59 Å². The number of carbonyl (C=O) groups is 3. The normalized spacial score (nSPS) is 24.1. The Bertz CT molecular complexity index is 799. The number of rotatable bonds is 6. The highest BCUT2D eigenvalue weighted by molar-refractivity contribution is 8.18. The molecule has 28 heavy (non-hydrogen) atoms. The van der Waals surface area contributed by atoms with Crippen LogP contribution in [0.3, 0.4) is 0 Å². The summed E-state index contributed by atoms with van der Waals surface area (Å²) in [6.45, 7) is 4.06. The van der Waals surface area contributed by atoms with Crippen molar-refractivity contribution in [3.63, 3.8) is 0 Å². The van der Waals surface area contributed by atoms with E-state index in [0.717, 1.165) is 31.1 Å². The summed E-state index contributed by atoms with van der Waals surface area (Å²) in [6, 6.07) is 7.65. The van der Waals surface area contributed by atoms with Gasteiger partial charge in [0.2, 0.25) is 0 Å². The number of thioether (sulfide) groups is 1. The fourth-order valence-electron chi connectivity index (χ4n) is 3.52. The molecule has 1 aromatic carbocycles. The maximum atomic E-state index is 12.5. The third-order valence-corrected chi connectivity index (χ3v) is 6.44. The summed E-state index contributed by atoms with van der Waals surface area (Å²) in [5, 5.41) is 3.03. The van der Waals surface area contributed by atoms with E-state index in [4.69, 9.17) is 11.6 Å². The molecule has 0 radical (unpaired) electrons. The lowest BCUT2D eigenvalue weighted by atomic mass is 10.0. The van der Waals surface area contributed by atoms with Crippen molar-refractivity contribution in [2.24, 2.45) is 0 Å². The summed E-state index contributed by atoms with van der Waals surface area (Å²) >= 11 is 7.01. The second-order valence-electron chi connectivity index (χ2n) is 7.19. The predicted molar refractivity (Wildman–Crippen MR) is 111 cm³/mol. The Kier molecular flexibility index (Phi) is 7.15. The van der Waals surface area contributed by atoms with Crippen LogP contribution < -0.4 is 10.2 Å². The Morgan fingerprint density at radius 2 is 2.14 bits per heavy atom. The molecule has 0 saturated carbocycles. The highest BCUT2D eigenvalue weighted by atomic mass is 35.5. The molecule has 150 valence electrons. The van der Waals surface area contributed by atoms with Gasteiger partial charge in [0, 0.05) is 18.1 Å². The minimum Gasteiger partial charge on any atom is -0.349 e. The van der Waals surface area contributed by atoms with Crippen LogP contribution in [0.15, 0.2) is 29.2 Å². The van der Waals surface area contributed by atoms with Crippen molar-refractivity contribution in [1.29, 1.82) is 0 Å². The van der Waals surface area contributed by atoms with Gasteiger partial charge in [-0.2, -0.15) is 0 Å². The van der Waals surface area contributed by atoms with Crippen LogP contribution in [-0.4, -0.2) is 54.2 Å². The average molecular weight is 423 g/mol. The number of piperidine rings is 1. The van der Waals surface area contributed by atoms with E-state index in [2.05, 4.69) is 12.2 Å². The third kappa shape index (κ3) is 5.16. The molecule has 2 atom stereocenters. The molecule has 2 saturated heterocycles. The SMILES string of the molecule is C[C@H]1CCCC[NH+]1CC(=O)NCCN1C(=O)S/C(=C\c2ccccc2Cl)C1=O. The zero-order valence-electron chi connectivity index (χ0n) is 15.9. The van der Waals surface area contributed by atoms with Gasteiger partial charge in [0.25, 0.3) is 17.1 Å². The van der Waals surface area contributed by atoms with Gasteiger partial charge < -0.3 is 10.2 Å². The molecule has 0 aliphatic carbocycles. The topological polar surface area (TPSA) is 70.9 Å². The summed E-state index contributed by atoms with van der Waals surface area (Å²) in [5.74, 6) is -0.387. The molecule has 0 spiro atoms. The molecule has 6 nitrogen and oxygen atoms in total. The summed E-state index contributed by atoms with van der Waals surface area (Å²) in [4.78, 5) is 39.7. The first-order valence-electron chi connectivity index (χ1n) is 9.57. The Hall–Kier alpha value is -1.83. The van der Waals surface area contributed by atoms with Crippen LogP contribution >= 0.6 is 23.4 Å². The number of nitrogens with one attached hydrogen (secondary N) is 2. The van der Waals surface area contributed by atoms with Gasteiger partial charge in [0.1, 0.15) is 0 Å². The fourth-order valence-corrected chi connectivity index (χ4v) is 4.56. The van der Waals surface area contributed by atoms with Crippen LogP contribution in [0.4, 0.5) is 4.79 Å². The fraction of sp³-hybridized carbons (Fsp3) is 0.450. The Balaban J connectivity index is 1.51.